The molecule has 0 bridgehead atoms. The molecule has 0 aromatic carbocycles. The van der Waals surface area contributed by atoms with E-state index in [2.05, 4.69) is 12.2 Å². The van der Waals surface area contributed by atoms with Crippen LogP contribution < -0.4 is 5.32 Å². The zero-order valence-electron chi connectivity index (χ0n) is 9.17. The number of rotatable bonds is 7. The summed E-state index contributed by atoms with van der Waals surface area (Å²) in [6.07, 6.45) is 6.51. The number of hydrogen-bond acceptors (Lipinski definition) is 3. The van der Waals surface area contributed by atoms with Crippen molar-refractivity contribution in [1.29, 1.82) is 0 Å². The fourth-order valence-corrected chi connectivity index (χ4v) is 1.98. The molecule has 0 saturated heterocycles. The molecular formula is C11H23NO2. The van der Waals surface area contributed by atoms with E-state index in [1.165, 1.54) is 25.7 Å². The van der Waals surface area contributed by atoms with Crippen LogP contribution in [-0.4, -0.2) is 37.0 Å². The highest BCUT2D eigenvalue weighted by atomic mass is 16.5. The Morgan fingerprint density at radius 3 is 2.71 bits per heavy atom. The minimum Gasteiger partial charge on any atom is -0.395 e. The van der Waals surface area contributed by atoms with Crippen LogP contribution in [0.4, 0.5) is 0 Å². The van der Waals surface area contributed by atoms with Crippen LogP contribution in [0.15, 0.2) is 0 Å². The lowest BCUT2D eigenvalue weighted by Gasteiger charge is -2.16. The average Bonchev–Trinajstić information content (AvgIpc) is 2.69. The van der Waals surface area contributed by atoms with Gasteiger partial charge in [-0.2, -0.15) is 0 Å². The van der Waals surface area contributed by atoms with Crippen molar-refractivity contribution in [1.82, 2.24) is 5.32 Å². The molecule has 1 atom stereocenters. The van der Waals surface area contributed by atoms with Gasteiger partial charge in [-0.05, 0) is 25.8 Å². The van der Waals surface area contributed by atoms with Gasteiger partial charge in [0.25, 0.3) is 0 Å². The van der Waals surface area contributed by atoms with Gasteiger partial charge in [0.05, 0.1) is 12.7 Å². The maximum atomic E-state index is 9.03. The van der Waals surface area contributed by atoms with Gasteiger partial charge >= 0.3 is 0 Å². The number of likely N-dealkylation sites (N-methyl/N-ethyl adjacent to an activating group) is 1. The molecule has 0 radical (unpaired) electrons. The van der Waals surface area contributed by atoms with Crippen molar-refractivity contribution >= 4 is 0 Å². The van der Waals surface area contributed by atoms with Gasteiger partial charge in [-0.1, -0.05) is 19.8 Å². The molecule has 1 unspecified atom stereocenters. The molecule has 2 N–H and O–H groups in total. The van der Waals surface area contributed by atoms with Crippen LogP contribution >= 0.6 is 0 Å². The monoisotopic (exact) mass is 201 g/mol. The number of aliphatic hydroxyl groups excluding tert-OH is 1. The number of nitrogens with one attached hydrogen (secondary N) is 1. The first-order chi connectivity index (χ1) is 6.86. The Labute approximate surface area is 86.8 Å². The molecule has 0 spiro atoms. The smallest absolute Gasteiger partial charge is 0.0585 e. The van der Waals surface area contributed by atoms with E-state index in [0.29, 0.717) is 6.10 Å². The molecule has 0 aromatic heterocycles. The van der Waals surface area contributed by atoms with E-state index in [1.807, 2.05) is 0 Å². The standard InChI is InChI=1S/C11H23NO2/c1-2-12-10(9-13)7-8-14-11-5-3-4-6-11/h10-13H,2-9H2,1H3. The Balaban J connectivity index is 2.00. The van der Waals surface area contributed by atoms with Crippen LogP contribution in [0.25, 0.3) is 0 Å². The van der Waals surface area contributed by atoms with Crippen LogP contribution in [0.2, 0.25) is 0 Å². The highest BCUT2D eigenvalue weighted by Crippen LogP contribution is 2.20. The zero-order chi connectivity index (χ0) is 10.2. The summed E-state index contributed by atoms with van der Waals surface area (Å²) in [6, 6.07) is 0.210. The molecule has 1 saturated carbocycles. The first-order valence-electron chi connectivity index (χ1n) is 5.82. The second-order valence-electron chi connectivity index (χ2n) is 4.00. The van der Waals surface area contributed by atoms with Crippen LogP contribution in [0, 0.1) is 0 Å². The van der Waals surface area contributed by atoms with E-state index in [4.69, 9.17) is 9.84 Å². The van der Waals surface area contributed by atoms with Crippen LogP contribution in [-0.2, 0) is 4.74 Å². The van der Waals surface area contributed by atoms with E-state index in [9.17, 15) is 0 Å². The summed E-state index contributed by atoms with van der Waals surface area (Å²) in [6.45, 7) is 3.96. The summed E-state index contributed by atoms with van der Waals surface area (Å²) >= 11 is 0. The van der Waals surface area contributed by atoms with E-state index < -0.39 is 0 Å². The van der Waals surface area contributed by atoms with Crippen molar-refractivity contribution in [2.24, 2.45) is 0 Å². The number of aliphatic hydroxyl groups is 1. The topological polar surface area (TPSA) is 41.5 Å². The third kappa shape index (κ3) is 4.40. The van der Waals surface area contributed by atoms with Crippen molar-refractivity contribution in [2.45, 2.75) is 51.2 Å². The van der Waals surface area contributed by atoms with E-state index in [-0.39, 0.29) is 12.6 Å². The highest BCUT2D eigenvalue weighted by molar-refractivity contribution is 4.68. The summed E-state index contributed by atoms with van der Waals surface area (Å²) in [7, 11) is 0. The Kier molecular flexibility index (Phi) is 6.15. The van der Waals surface area contributed by atoms with Gasteiger partial charge in [0.1, 0.15) is 0 Å². The molecule has 0 aliphatic heterocycles. The Bertz CT molecular complexity index is 135. The average molecular weight is 201 g/mol. The number of hydrogen-bond donors (Lipinski definition) is 2. The third-order valence-corrected chi connectivity index (χ3v) is 2.84. The van der Waals surface area contributed by atoms with Crippen LogP contribution in [0.5, 0.6) is 0 Å². The van der Waals surface area contributed by atoms with E-state index >= 15 is 0 Å². The molecule has 14 heavy (non-hydrogen) atoms. The highest BCUT2D eigenvalue weighted by Gasteiger charge is 2.15. The molecule has 0 aromatic rings. The minimum absolute atomic E-state index is 0.210. The first kappa shape index (κ1) is 12.0. The van der Waals surface area contributed by atoms with Gasteiger partial charge in [0.2, 0.25) is 0 Å². The maximum Gasteiger partial charge on any atom is 0.0585 e. The quantitative estimate of drug-likeness (QED) is 0.652. The van der Waals surface area contributed by atoms with Crippen LogP contribution in [0.1, 0.15) is 39.0 Å². The summed E-state index contributed by atoms with van der Waals surface area (Å²) in [5.41, 5.74) is 0. The minimum atomic E-state index is 0.210. The molecule has 3 nitrogen and oxygen atoms in total. The molecule has 1 fully saturated rings. The van der Waals surface area contributed by atoms with Gasteiger partial charge in [0, 0.05) is 12.6 Å². The lowest BCUT2D eigenvalue weighted by molar-refractivity contribution is 0.0482. The van der Waals surface area contributed by atoms with E-state index in [1.54, 1.807) is 0 Å². The fourth-order valence-electron chi connectivity index (χ4n) is 1.98. The Hall–Kier alpha value is -0.120. The SMILES string of the molecule is CCNC(CO)CCOC1CCCC1. The predicted molar refractivity (Wildman–Crippen MR) is 57.4 cm³/mol. The lowest BCUT2D eigenvalue weighted by atomic mass is 10.2. The first-order valence-corrected chi connectivity index (χ1v) is 5.82. The molecule has 0 heterocycles. The summed E-state index contributed by atoms with van der Waals surface area (Å²) in [5.74, 6) is 0. The van der Waals surface area contributed by atoms with Gasteiger partial charge < -0.3 is 15.2 Å². The van der Waals surface area contributed by atoms with Crippen molar-refractivity contribution in [2.75, 3.05) is 19.8 Å². The van der Waals surface area contributed by atoms with Gasteiger partial charge in [-0.3, -0.25) is 0 Å². The van der Waals surface area contributed by atoms with Crippen molar-refractivity contribution < 1.29 is 9.84 Å². The number of ether oxygens (including phenoxy) is 1. The Morgan fingerprint density at radius 1 is 1.43 bits per heavy atom. The Morgan fingerprint density at radius 2 is 2.14 bits per heavy atom. The second kappa shape index (κ2) is 7.21. The van der Waals surface area contributed by atoms with Crippen LogP contribution in [0.3, 0.4) is 0 Å². The molecular weight excluding hydrogens is 178 g/mol. The largest absolute Gasteiger partial charge is 0.395 e. The second-order valence-corrected chi connectivity index (χ2v) is 4.00. The normalized spacial score (nSPS) is 20.1. The van der Waals surface area contributed by atoms with Gasteiger partial charge in [0.15, 0.2) is 0 Å². The van der Waals surface area contributed by atoms with Gasteiger partial charge in [-0.15, -0.1) is 0 Å². The molecule has 0 amide bonds. The molecule has 84 valence electrons. The third-order valence-electron chi connectivity index (χ3n) is 2.84. The zero-order valence-corrected chi connectivity index (χ0v) is 9.17. The predicted octanol–water partition coefficient (Wildman–Crippen LogP) is 1.31. The van der Waals surface area contributed by atoms with E-state index in [0.717, 1.165) is 19.6 Å². The molecule has 1 rings (SSSR count). The summed E-state index contributed by atoms with van der Waals surface area (Å²) in [5, 5.41) is 12.3. The summed E-state index contributed by atoms with van der Waals surface area (Å²) in [4.78, 5) is 0. The van der Waals surface area contributed by atoms with Crippen molar-refractivity contribution in [3.05, 3.63) is 0 Å². The maximum absolute atomic E-state index is 9.03. The van der Waals surface area contributed by atoms with Gasteiger partial charge in [-0.25, -0.2) is 0 Å². The molecule has 1 aliphatic rings. The fraction of sp³-hybridized carbons (Fsp3) is 1.00. The molecule has 3 heteroatoms. The van der Waals surface area contributed by atoms with Crippen molar-refractivity contribution in [3.63, 3.8) is 0 Å². The summed E-state index contributed by atoms with van der Waals surface area (Å²) < 4.78 is 5.73. The van der Waals surface area contributed by atoms with Crippen molar-refractivity contribution in [3.8, 4) is 0 Å². The molecule has 1 aliphatic carbocycles. The lowest BCUT2D eigenvalue weighted by Crippen LogP contribution is -2.33.